The van der Waals surface area contributed by atoms with E-state index < -0.39 is 10.5 Å². The van der Waals surface area contributed by atoms with Gasteiger partial charge in [-0.25, -0.2) is 0 Å². The summed E-state index contributed by atoms with van der Waals surface area (Å²) in [7, 11) is 0. The van der Waals surface area contributed by atoms with Gasteiger partial charge in [0.05, 0.1) is 0 Å². The molecule has 0 radical (unpaired) electrons. The first-order chi connectivity index (χ1) is 4.83. The van der Waals surface area contributed by atoms with E-state index in [0.29, 0.717) is 0 Å². The summed E-state index contributed by atoms with van der Waals surface area (Å²) < 4.78 is 5.09. The maximum atomic E-state index is 11.2. The van der Waals surface area contributed by atoms with Crippen molar-refractivity contribution in [3.05, 3.63) is 0 Å². The molecule has 3 heteroatoms. The van der Waals surface area contributed by atoms with Gasteiger partial charge in [-0.05, 0) is 33.6 Å². The summed E-state index contributed by atoms with van der Waals surface area (Å²) in [5, 5.41) is 0. The molecule has 0 heterocycles. The Morgan fingerprint density at radius 3 is 2.18 bits per heavy atom. The highest BCUT2D eigenvalue weighted by Gasteiger charge is 2.50. The highest BCUT2D eigenvalue weighted by molar-refractivity contribution is 6.36. The van der Waals surface area contributed by atoms with Gasteiger partial charge in [0.25, 0.3) is 0 Å². The molecule has 1 rings (SSSR count). The lowest BCUT2D eigenvalue weighted by atomic mass is 10.2. The van der Waals surface area contributed by atoms with Gasteiger partial charge in [-0.1, -0.05) is 0 Å². The largest absolute Gasteiger partial charge is 0.459 e. The Kier molecular flexibility index (Phi) is 1.91. The Labute approximate surface area is 71.9 Å². The van der Waals surface area contributed by atoms with E-state index in [4.69, 9.17) is 16.3 Å². The Morgan fingerprint density at radius 2 is 1.91 bits per heavy atom. The highest BCUT2D eigenvalue weighted by Crippen LogP contribution is 2.44. The van der Waals surface area contributed by atoms with Gasteiger partial charge in [0, 0.05) is 0 Å². The van der Waals surface area contributed by atoms with Crippen LogP contribution in [0.3, 0.4) is 0 Å². The molecule has 0 aromatic heterocycles. The van der Waals surface area contributed by atoms with Crippen LogP contribution < -0.4 is 0 Å². The van der Waals surface area contributed by atoms with Crippen molar-refractivity contribution in [3.8, 4) is 0 Å². The van der Waals surface area contributed by atoms with Gasteiger partial charge < -0.3 is 4.74 Å². The molecule has 0 atom stereocenters. The van der Waals surface area contributed by atoms with Crippen molar-refractivity contribution in [1.29, 1.82) is 0 Å². The molecular formula is C8H13ClO2. The molecule has 0 N–H and O–H groups in total. The van der Waals surface area contributed by atoms with Gasteiger partial charge in [0.15, 0.2) is 0 Å². The van der Waals surface area contributed by atoms with Crippen LogP contribution in [0.1, 0.15) is 33.6 Å². The molecular weight excluding hydrogens is 164 g/mol. The minimum Gasteiger partial charge on any atom is -0.459 e. The first kappa shape index (κ1) is 8.85. The molecule has 11 heavy (non-hydrogen) atoms. The van der Waals surface area contributed by atoms with Crippen molar-refractivity contribution in [3.63, 3.8) is 0 Å². The van der Waals surface area contributed by atoms with Gasteiger partial charge in [-0.3, -0.25) is 4.79 Å². The van der Waals surface area contributed by atoms with Crippen molar-refractivity contribution in [2.75, 3.05) is 0 Å². The summed E-state index contributed by atoms with van der Waals surface area (Å²) in [6, 6.07) is 0. The number of alkyl halides is 1. The van der Waals surface area contributed by atoms with E-state index in [1.807, 2.05) is 20.8 Å². The summed E-state index contributed by atoms with van der Waals surface area (Å²) in [6.45, 7) is 5.52. The monoisotopic (exact) mass is 176 g/mol. The molecule has 64 valence electrons. The maximum absolute atomic E-state index is 11.2. The molecule has 0 spiro atoms. The van der Waals surface area contributed by atoms with Crippen LogP contribution in [0.4, 0.5) is 0 Å². The lowest BCUT2D eigenvalue weighted by Crippen LogP contribution is -2.30. The molecule has 0 aliphatic heterocycles. The first-order valence-electron chi connectivity index (χ1n) is 3.76. The summed E-state index contributed by atoms with van der Waals surface area (Å²) in [5.74, 6) is -0.272. The fraction of sp³-hybridized carbons (Fsp3) is 0.875. The fourth-order valence-electron chi connectivity index (χ4n) is 0.683. The lowest BCUT2D eigenvalue weighted by Gasteiger charge is -2.21. The number of rotatable bonds is 1. The van der Waals surface area contributed by atoms with Gasteiger partial charge in [-0.2, -0.15) is 0 Å². The van der Waals surface area contributed by atoms with Crippen molar-refractivity contribution >= 4 is 17.6 Å². The van der Waals surface area contributed by atoms with E-state index in [9.17, 15) is 4.79 Å². The van der Waals surface area contributed by atoms with Crippen molar-refractivity contribution in [2.45, 2.75) is 44.1 Å². The van der Waals surface area contributed by atoms with Crippen LogP contribution in [0.5, 0.6) is 0 Å². The van der Waals surface area contributed by atoms with Crippen LogP contribution in [0, 0.1) is 0 Å². The quantitative estimate of drug-likeness (QED) is 0.452. The molecule has 1 aliphatic carbocycles. The lowest BCUT2D eigenvalue weighted by molar-refractivity contribution is -0.155. The van der Waals surface area contributed by atoms with E-state index in [2.05, 4.69) is 0 Å². The zero-order valence-corrected chi connectivity index (χ0v) is 7.86. The number of halogens is 1. The van der Waals surface area contributed by atoms with Crippen LogP contribution >= 0.6 is 11.6 Å². The number of ether oxygens (including phenoxy) is 1. The van der Waals surface area contributed by atoms with Crippen LogP contribution in [-0.4, -0.2) is 16.4 Å². The average molecular weight is 177 g/mol. The predicted octanol–water partition coefficient (Wildman–Crippen LogP) is 2.10. The Hall–Kier alpha value is -0.240. The first-order valence-corrected chi connectivity index (χ1v) is 4.14. The molecule has 0 amide bonds. The van der Waals surface area contributed by atoms with Gasteiger partial charge in [0.1, 0.15) is 10.5 Å². The molecule has 0 aromatic carbocycles. The van der Waals surface area contributed by atoms with E-state index in [-0.39, 0.29) is 5.97 Å². The van der Waals surface area contributed by atoms with Crippen molar-refractivity contribution in [2.24, 2.45) is 0 Å². The highest BCUT2D eigenvalue weighted by atomic mass is 35.5. The van der Waals surface area contributed by atoms with Gasteiger partial charge >= 0.3 is 5.97 Å². The Morgan fingerprint density at radius 1 is 1.45 bits per heavy atom. The molecule has 0 aromatic rings. The zero-order chi connectivity index (χ0) is 8.70. The molecule has 1 aliphatic rings. The van der Waals surface area contributed by atoms with Gasteiger partial charge in [-0.15, -0.1) is 11.6 Å². The smallest absolute Gasteiger partial charge is 0.327 e. The SMILES string of the molecule is CC(C)(C)OC(=O)C1(Cl)CC1. The van der Waals surface area contributed by atoms with Gasteiger partial charge in [0.2, 0.25) is 0 Å². The van der Waals surface area contributed by atoms with E-state index in [1.165, 1.54) is 0 Å². The number of esters is 1. The molecule has 1 saturated carbocycles. The van der Waals surface area contributed by atoms with Crippen molar-refractivity contribution in [1.82, 2.24) is 0 Å². The zero-order valence-electron chi connectivity index (χ0n) is 7.11. The van der Waals surface area contributed by atoms with E-state index in [0.717, 1.165) is 12.8 Å². The average Bonchev–Trinajstić information content (AvgIpc) is 2.44. The summed E-state index contributed by atoms with van der Waals surface area (Å²) in [4.78, 5) is 10.5. The molecule has 0 unspecified atom stereocenters. The van der Waals surface area contributed by atoms with Crippen LogP contribution in [-0.2, 0) is 9.53 Å². The fourth-order valence-corrected chi connectivity index (χ4v) is 0.816. The van der Waals surface area contributed by atoms with E-state index in [1.54, 1.807) is 0 Å². The number of hydrogen-bond donors (Lipinski definition) is 0. The van der Waals surface area contributed by atoms with Crippen molar-refractivity contribution < 1.29 is 9.53 Å². The second-order valence-corrected chi connectivity index (χ2v) is 4.69. The number of carbonyl (C=O) groups excluding carboxylic acids is 1. The number of carbonyl (C=O) groups is 1. The van der Waals surface area contributed by atoms with Crippen LogP contribution in [0.2, 0.25) is 0 Å². The minimum absolute atomic E-state index is 0.272. The summed E-state index contributed by atoms with van der Waals surface area (Å²) in [5.41, 5.74) is -0.415. The normalized spacial score (nSPS) is 21.1. The summed E-state index contributed by atoms with van der Waals surface area (Å²) in [6.07, 6.45) is 1.51. The summed E-state index contributed by atoms with van der Waals surface area (Å²) >= 11 is 5.83. The third kappa shape index (κ3) is 2.37. The van der Waals surface area contributed by atoms with Crippen LogP contribution in [0.15, 0.2) is 0 Å². The molecule has 0 bridgehead atoms. The number of hydrogen-bond acceptors (Lipinski definition) is 2. The maximum Gasteiger partial charge on any atom is 0.327 e. The van der Waals surface area contributed by atoms with E-state index >= 15 is 0 Å². The molecule has 1 fully saturated rings. The molecule has 0 saturated heterocycles. The second-order valence-electron chi connectivity index (χ2n) is 3.97. The van der Waals surface area contributed by atoms with Crippen LogP contribution in [0.25, 0.3) is 0 Å². The predicted molar refractivity (Wildman–Crippen MR) is 43.7 cm³/mol. The standard InChI is InChI=1S/C8H13ClO2/c1-7(2,3)11-6(10)8(9)4-5-8/h4-5H2,1-3H3. The Balaban J connectivity index is 2.45. The Bertz CT molecular complexity index is 177. The molecule has 2 nitrogen and oxygen atoms in total. The third-order valence-corrected chi connectivity index (χ3v) is 1.99. The topological polar surface area (TPSA) is 26.3 Å². The second kappa shape index (κ2) is 2.37. The minimum atomic E-state index is -0.673. The third-order valence-electron chi connectivity index (χ3n) is 1.45.